The quantitative estimate of drug-likeness (QED) is 0.706. The summed E-state index contributed by atoms with van der Waals surface area (Å²) in [5, 5.41) is 23.9. The molecule has 0 aliphatic heterocycles. The summed E-state index contributed by atoms with van der Waals surface area (Å²) >= 11 is 0. The van der Waals surface area contributed by atoms with Gasteiger partial charge in [-0.2, -0.15) is 5.26 Å². The number of hydrogen-bond donors (Lipinski definition) is 3. The van der Waals surface area contributed by atoms with E-state index in [1.165, 1.54) is 12.1 Å². The summed E-state index contributed by atoms with van der Waals surface area (Å²) in [7, 11) is 3.82. The molecule has 2 aromatic rings. The van der Waals surface area contributed by atoms with Crippen LogP contribution >= 0.6 is 0 Å². The second kappa shape index (κ2) is 8.65. The Bertz CT molecular complexity index is 825. The van der Waals surface area contributed by atoms with Gasteiger partial charge in [0.1, 0.15) is 6.07 Å². The van der Waals surface area contributed by atoms with Gasteiger partial charge in [-0.05, 0) is 29.8 Å². The molecule has 2 aromatic carbocycles. The first-order valence-electron chi connectivity index (χ1n) is 7.96. The number of anilines is 2. The summed E-state index contributed by atoms with van der Waals surface area (Å²) in [5.41, 5.74) is 2.14. The molecule has 0 heterocycles. The molecular formula is C19H20N4O3. The molecule has 7 heteroatoms. The minimum atomic E-state index is -0.936. The van der Waals surface area contributed by atoms with Crippen LogP contribution in [0.2, 0.25) is 0 Å². The fraction of sp³-hybridized carbons (Fsp3) is 0.211. The first-order chi connectivity index (χ1) is 12.4. The number of amides is 2. The zero-order valence-corrected chi connectivity index (χ0v) is 14.6. The monoisotopic (exact) mass is 352 g/mol. The number of rotatable bonds is 5. The van der Waals surface area contributed by atoms with Crippen molar-refractivity contribution in [3.05, 3.63) is 59.7 Å². The Morgan fingerprint density at radius 3 is 2.38 bits per heavy atom. The number of carbonyl (C=O) groups excluding carboxylic acids is 2. The maximum Gasteiger partial charge on any atom is 0.313 e. The van der Waals surface area contributed by atoms with Gasteiger partial charge in [-0.25, -0.2) is 0 Å². The van der Waals surface area contributed by atoms with Crippen molar-refractivity contribution in [1.82, 2.24) is 5.32 Å². The van der Waals surface area contributed by atoms with E-state index in [-0.39, 0.29) is 17.8 Å². The molecule has 2 rings (SSSR count). The van der Waals surface area contributed by atoms with Crippen molar-refractivity contribution in [3.8, 4) is 6.07 Å². The van der Waals surface area contributed by atoms with Gasteiger partial charge in [0, 0.05) is 26.3 Å². The van der Waals surface area contributed by atoms with E-state index in [9.17, 15) is 14.7 Å². The van der Waals surface area contributed by atoms with Gasteiger partial charge < -0.3 is 20.6 Å². The van der Waals surface area contributed by atoms with Gasteiger partial charge in [0.05, 0.1) is 17.4 Å². The van der Waals surface area contributed by atoms with Gasteiger partial charge in [0.15, 0.2) is 0 Å². The van der Waals surface area contributed by atoms with Crippen molar-refractivity contribution in [2.24, 2.45) is 0 Å². The SMILES string of the molecule is CN(C)c1ccc(C(O)CNC(=O)C(=O)Nc2ccccc2C#N)cc1. The van der Waals surface area contributed by atoms with Crippen LogP contribution in [0.5, 0.6) is 0 Å². The maximum atomic E-state index is 11.9. The van der Waals surface area contributed by atoms with E-state index >= 15 is 0 Å². The number of nitriles is 1. The van der Waals surface area contributed by atoms with Crippen molar-refractivity contribution >= 4 is 23.2 Å². The summed E-state index contributed by atoms with van der Waals surface area (Å²) in [4.78, 5) is 25.8. The number of para-hydroxylation sites is 1. The number of nitrogens with zero attached hydrogens (tertiary/aromatic N) is 2. The molecule has 1 atom stereocenters. The lowest BCUT2D eigenvalue weighted by Crippen LogP contribution is -2.37. The van der Waals surface area contributed by atoms with Crippen LogP contribution in [0.15, 0.2) is 48.5 Å². The Morgan fingerprint density at radius 1 is 1.12 bits per heavy atom. The predicted octanol–water partition coefficient (Wildman–Crippen LogP) is 1.41. The molecule has 0 aromatic heterocycles. The van der Waals surface area contributed by atoms with Crippen LogP contribution < -0.4 is 15.5 Å². The summed E-state index contributed by atoms with van der Waals surface area (Å²) in [6.45, 7) is -0.104. The van der Waals surface area contributed by atoms with E-state index in [1.54, 1.807) is 24.3 Å². The number of carbonyl (C=O) groups is 2. The molecule has 0 fully saturated rings. The molecule has 0 spiro atoms. The van der Waals surface area contributed by atoms with E-state index in [0.717, 1.165) is 5.69 Å². The number of benzene rings is 2. The normalized spacial score (nSPS) is 11.2. The van der Waals surface area contributed by atoms with E-state index in [4.69, 9.17) is 5.26 Å². The van der Waals surface area contributed by atoms with Gasteiger partial charge in [0.25, 0.3) is 0 Å². The second-order valence-electron chi connectivity index (χ2n) is 5.82. The number of nitrogens with one attached hydrogen (secondary N) is 2. The zero-order valence-electron chi connectivity index (χ0n) is 14.6. The Kier molecular flexibility index (Phi) is 6.31. The van der Waals surface area contributed by atoms with Crippen molar-refractivity contribution < 1.29 is 14.7 Å². The average Bonchev–Trinajstić information content (AvgIpc) is 2.66. The van der Waals surface area contributed by atoms with Gasteiger partial charge in [-0.1, -0.05) is 24.3 Å². The van der Waals surface area contributed by atoms with Crippen LogP contribution in [-0.4, -0.2) is 37.6 Å². The first-order valence-corrected chi connectivity index (χ1v) is 7.96. The summed E-state index contributed by atoms with van der Waals surface area (Å²) in [6.07, 6.45) is -0.936. The molecule has 0 saturated heterocycles. The van der Waals surface area contributed by atoms with Crippen LogP contribution in [0, 0.1) is 11.3 Å². The predicted molar refractivity (Wildman–Crippen MR) is 98.5 cm³/mol. The fourth-order valence-corrected chi connectivity index (χ4v) is 2.25. The molecule has 7 nitrogen and oxygen atoms in total. The standard InChI is InChI=1S/C19H20N4O3/c1-23(2)15-9-7-13(8-10-15)17(24)12-21-18(25)19(26)22-16-6-4-3-5-14(16)11-20/h3-10,17,24H,12H2,1-2H3,(H,21,25)(H,22,26). The van der Waals surface area contributed by atoms with Crippen LogP contribution in [0.3, 0.4) is 0 Å². The molecule has 0 saturated carbocycles. The maximum absolute atomic E-state index is 11.9. The molecule has 134 valence electrons. The summed E-state index contributed by atoms with van der Waals surface area (Å²) in [5.74, 6) is -1.79. The lowest BCUT2D eigenvalue weighted by molar-refractivity contribution is -0.136. The van der Waals surface area contributed by atoms with Crippen molar-refractivity contribution in [3.63, 3.8) is 0 Å². The fourth-order valence-electron chi connectivity index (χ4n) is 2.25. The minimum absolute atomic E-state index is 0.104. The van der Waals surface area contributed by atoms with Gasteiger partial charge >= 0.3 is 11.8 Å². The molecule has 2 amide bonds. The zero-order chi connectivity index (χ0) is 19.1. The molecule has 3 N–H and O–H groups in total. The Labute approximate surface area is 151 Å². The lowest BCUT2D eigenvalue weighted by Gasteiger charge is -2.15. The Balaban J connectivity index is 1.91. The first kappa shape index (κ1) is 19.0. The van der Waals surface area contributed by atoms with E-state index in [0.29, 0.717) is 5.56 Å². The number of aliphatic hydroxyl groups excluding tert-OH is 1. The minimum Gasteiger partial charge on any atom is -0.387 e. The van der Waals surface area contributed by atoms with Gasteiger partial charge in [0.2, 0.25) is 0 Å². The number of aliphatic hydroxyl groups is 1. The van der Waals surface area contributed by atoms with Crippen LogP contribution in [0.1, 0.15) is 17.2 Å². The third-order valence-corrected chi connectivity index (χ3v) is 3.75. The van der Waals surface area contributed by atoms with Crippen LogP contribution in [-0.2, 0) is 9.59 Å². The molecule has 0 aliphatic rings. The molecular weight excluding hydrogens is 332 g/mol. The van der Waals surface area contributed by atoms with Crippen molar-refractivity contribution in [2.45, 2.75) is 6.10 Å². The van der Waals surface area contributed by atoms with E-state index in [1.807, 2.05) is 37.2 Å². The summed E-state index contributed by atoms with van der Waals surface area (Å²) < 4.78 is 0. The molecule has 1 unspecified atom stereocenters. The third kappa shape index (κ3) is 4.82. The largest absolute Gasteiger partial charge is 0.387 e. The second-order valence-corrected chi connectivity index (χ2v) is 5.82. The van der Waals surface area contributed by atoms with E-state index in [2.05, 4.69) is 10.6 Å². The average molecular weight is 352 g/mol. The highest BCUT2D eigenvalue weighted by Gasteiger charge is 2.17. The van der Waals surface area contributed by atoms with Crippen LogP contribution in [0.25, 0.3) is 0 Å². The van der Waals surface area contributed by atoms with E-state index < -0.39 is 17.9 Å². The third-order valence-electron chi connectivity index (χ3n) is 3.75. The lowest BCUT2D eigenvalue weighted by atomic mass is 10.1. The Hall–Kier alpha value is -3.37. The van der Waals surface area contributed by atoms with Crippen molar-refractivity contribution in [2.75, 3.05) is 30.9 Å². The summed E-state index contributed by atoms with van der Waals surface area (Å²) in [6, 6.07) is 15.5. The number of hydrogen-bond acceptors (Lipinski definition) is 5. The highest BCUT2D eigenvalue weighted by Crippen LogP contribution is 2.17. The molecule has 0 aliphatic carbocycles. The highest BCUT2D eigenvalue weighted by atomic mass is 16.3. The van der Waals surface area contributed by atoms with Crippen LogP contribution in [0.4, 0.5) is 11.4 Å². The highest BCUT2D eigenvalue weighted by molar-refractivity contribution is 6.39. The molecule has 0 radical (unpaired) electrons. The molecule has 26 heavy (non-hydrogen) atoms. The van der Waals surface area contributed by atoms with Crippen molar-refractivity contribution in [1.29, 1.82) is 5.26 Å². The van der Waals surface area contributed by atoms with Gasteiger partial charge in [-0.15, -0.1) is 0 Å². The Morgan fingerprint density at radius 2 is 1.77 bits per heavy atom. The smallest absolute Gasteiger partial charge is 0.313 e. The van der Waals surface area contributed by atoms with Gasteiger partial charge in [-0.3, -0.25) is 9.59 Å². The topological polar surface area (TPSA) is 105 Å². The molecule has 0 bridgehead atoms.